The highest BCUT2D eigenvalue weighted by molar-refractivity contribution is 7.99. The van der Waals surface area contributed by atoms with E-state index in [1.54, 1.807) is 11.8 Å². The molecule has 0 saturated heterocycles. The third-order valence-corrected chi connectivity index (χ3v) is 4.19. The molecule has 3 aromatic heterocycles. The third-order valence-electron chi connectivity index (χ3n) is 3.11. The van der Waals surface area contributed by atoms with Gasteiger partial charge in [0.15, 0.2) is 5.16 Å². The Kier molecular flexibility index (Phi) is 3.84. The van der Waals surface area contributed by atoms with Gasteiger partial charge in [0.05, 0.1) is 17.0 Å². The molecule has 7 nitrogen and oxygen atoms in total. The van der Waals surface area contributed by atoms with Crippen molar-refractivity contribution in [2.24, 2.45) is 0 Å². The molecule has 2 N–H and O–H groups in total. The van der Waals surface area contributed by atoms with Crippen LogP contribution in [0.3, 0.4) is 0 Å². The second-order valence-electron chi connectivity index (χ2n) is 5.04. The number of hydrogen-bond acceptors (Lipinski definition) is 7. The normalized spacial score (nSPS) is 12.5. The molecule has 0 bridgehead atoms. The molecule has 3 rings (SSSR count). The fraction of sp³-hybridized carbons (Fsp3) is 0.286. The molecule has 0 aliphatic rings. The number of nitrogens with zero attached hydrogens (tertiary/aromatic N) is 6. The van der Waals surface area contributed by atoms with E-state index in [0.717, 1.165) is 10.7 Å². The van der Waals surface area contributed by atoms with Crippen LogP contribution in [-0.4, -0.2) is 38.4 Å². The van der Waals surface area contributed by atoms with Crippen LogP contribution in [0.1, 0.15) is 18.0 Å². The lowest BCUT2D eigenvalue weighted by Crippen LogP contribution is -2.16. The molecule has 0 spiro atoms. The van der Waals surface area contributed by atoms with Crippen molar-refractivity contribution < 1.29 is 0 Å². The van der Waals surface area contributed by atoms with Crippen molar-refractivity contribution in [1.29, 1.82) is 0 Å². The highest BCUT2D eigenvalue weighted by Gasteiger charge is 2.16. The summed E-state index contributed by atoms with van der Waals surface area (Å²) in [5.74, 6) is 1.44. The van der Waals surface area contributed by atoms with E-state index in [1.165, 1.54) is 0 Å². The van der Waals surface area contributed by atoms with Crippen molar-refractivity contribution in [3.63, 3.8) is 0 Å². The Morgan fingerprint density at radius 1 is 1.23 bits per heavy atom. The van der Waals surface area contributed by atoms with E-state index in [1.807, 2.05) is 60.9 Å². The summed E-state index contributed by atoms with van der Waals surface area (Å²) in [4.78, 5) is 19.1. The molecular weight excluding hydrogens is 298 g/mol. The van der Waals surface area contributed by atoms with Crippen LogP contribution < -0.4 is 10.6 Å². The molecule has 114 valence electrons. The van der Waals surface area contributed by atoms with Crippen LogP contribution >= 0.6 is 11.8 Å². The van der Waals surface area contributed by atoms with Gasteiger partial charge in [-0.05, 0) is 19.1 Å². The summed E-state index contributed by atoms with van der Waals surface area (Å²) in [7, 11) is 3.75. The molecule has 0 aromatic carbocycles. The standard InChI is InChI=1S/C14H17N7S/c1-9(11-17-12(15)19-13(18-11)20(2)3)22-14-16-8-10-6-4-5-7-21(10)14/h4-9H,1-3H3,(H2,15,17,18,19). The molecule has 1 unspecified atom stereocenters. The quantitative estimate of drug-likeness (QED) is 0.737. The molecule has 22 heavy (non-hydrogen) atoms. The van der Waals surface area contributed by atoms with Crippen LogP contribution in [0.2, 0.25) is 0 Å². The van der Waals surface area contributed by atoms with Crippen LogP contribution in [0, 0.1) is 0 Å². The summed E-state index contributed by atoms with van der Waals surface area (Å²) in [5, 5.41) is 0.906. The zero-order valence-electron chi connectivity index (χ0n) is 12.6. The fourth-order valence-electron chi connectivity index (χ4n) is 2.00. The zero-order valence-corrected chi connectivity index (χ0v) is 13.4. The number of rotatable bonds is 4. The van der Waals surface area contributed by atoms with E-state index in [4.69, 9.17) is 5.73 Å². The maximum absolute atomic E-state index is 5.78. The Hall–Kier alpha value is -2.35. The highest BCUT2D eigenvalue weighted by atomic mass is 32.2. The van der Waals surface area contributed by atoms with Crippen LogP contribution in [0.5, 0.6) is 0 Å². The van der Waals surface area contributed by atoms with E-state index >= 15 is 0 Å². The lowest BCUT2D eigenvalue weighted by molar-refractivity contribution is 0.856. The van der Waals surface area contributed by atoms with Crippen molar-refractivity contribution in [1.82, 2.24) is 24.3 Å². The van der Waals surface area contributed by atoms with Gasteiger partial charge in [-0.1, -0.05) is 17.8 Å². The van der Waals surface area contributed by atoms with Gasteiger partial charge in [-0.3, -0.25) is 4.40 Å². The summed E-state index contributed by atoms with van der Waals surface area (Å²) < 4.78 is 2.04. The van der Waals surface area contributed by atoms with E-state index in [2.05, 4.69) is 19.9 Å². The third kappa shape index (κ3) is 2.82. The Bertz CT molecular complexity index is 799. The maximum Gasteiger partial charge on any atom is 0.229 e. The molecule has 3 heterocycles. The van der Waals surface area contributed by atoms with Crippen LogP contribution in [0.4, 0.5) is 11.9 Å². The largest absolute Gasteiger partial charge is 0.368 e. The lowest BCUT2D eigenvalue weighted by atomic mass is 10.4. The smallest absolute Gasteiger partial charge is 0.229 e. The first-order chi connectivity index (χ1) is 10.5. The predicted molar refractivity (Wildman–Crippen MR) is 88.0 cm³/mol. The van der Waals surface area contributed by atoms with Crippen molar-refractivity contribution >= 4 is 29.2 Å². The number of pyridine rings is 1. The van der Waals surface area contributed by atoms with Gasteiger partial charge in [-0.25, -0.2) is 4.98 Å². The Labute approximate surface area is 132 Å². The van der Waals surface area contributed by atoms with Crippen LogP contribution in [0.15, 0.2) is 35.7 Å². The first-order valence-corrected chi connectivity index (χ1v) is 7.70. The number of anilines is 2. The van der Waals surface area contributed by atoms with E-state index < -0.39 is 0 Å². The summed E-state index contributed by atoms with van der Waals surface area (Å²) >= 11 is 1.59. The zero-order chi connectivity index (χ0) is 15.7. The predicted octanol–water partition coefficient (Wildman–Crippen LogP) is 2.02. The summed E-state index contributed by atoms with van der Waals surface area (Å²) in [6.07, 6.45) is 3.84. The van der Waals surface area contributed by atoms with Crippen LogP contribution in [-0.2, 0) is 0 Å². The second kappa shape index (κ2) is 5.80. The molecule has 1 atom stereocenters. The minimum absolute atomic E-state index is 0.00908. The SMILES string of the molecule is CC(Sc1ncc2ccccn12)c1nc(N)nc(N(C)C)n1. The number of fused-ring (bicyclic) bond motifs is 1. The first kappa shape index (κ1) is 14.6. The second-order valence-corrected chi connectivity index (χ2v) is 6.35. The molecule has 0 aliphatic heterocycles. The van der Waals surface area contributed by atoms with Gasteiger partial charge in [0.1, 0.15) is 5.82 Å². The van der Waals surface area contributed by atoms with Crippen molar-refractivity contribution in [3.05, 3.63) is 36.4 Å². The van der Waals surface area contributed by atoms with Gasteiger partial charge in [0.25, 0.3) is 0 Å². The van der Waals surface area contributed by atoms with Crippen molar-refractivity contribution in [3.8, 4) is 0 Å². The lowest BCUT2D eigenvalue weighted by Gasteiger charge is -2.14. The summed E-state index contributed by atoms with van der Waals surface area (Å²) in [6, 6.07) is 5.99. The maximum atomic E-state index is 5.78. The number of aromatic nitrogens is 5. The van der Waals surface area contributed by atoms with Gasteiger partial charge >= 0.3 is 0 Å². The molecule has 0 saturated carbocycles. The number of thioether (sulfide) groups is 1. The number of hydrogen-bond donors (Lipinski definition) is 1. The van der Waals surface area contributed by atoms with Crippen LogP contribution in [0.25, 0.3) is 5.52 Å². The average Bonchev–Trinajstić information content (AvgIpc) is 2.90. The number of nitrogen functional groups attached to an aromatic ring is 1. The van der Waals surface area contributed by atoms with Gasteiger partial charge in [0.2, 0.25) is 11.9 Å². The van der Waals surface area contributed by atoms with Gasteiger partial charge in [-0.15, -0.1) is 0 Å². The topological polar surface area (TPSA) is 85.2 Å². The number of nitrogens with two attached hydrogens (primary N) is 1. The van der Waals surface area contributed by atoms with E-state index in [-0.39, 0.29) is 11.2 Å². The molecule has 8 heteroatoms. The first-order valence-electron chi connectivity index (χ1n) is 6.82. The fourth-order valence-corrected chi connectivity index (χ4v) is 2.92. The molecule has 0 fully saturated rings. The molecular formula is C14H17N7S. The van der Waals surface area contributed by atoms with Gasteiger partial charge in [-0.2, -0.15) is 15.0 Å². The Morgan fingerprint density at radius 3 is 2.82 bits per heavy atom. The Balaban J connectivity index is 1.90. The molecule has 0 radical (unpaired) electrons. The van der Waals surface area contributed by atoms with E-state index in [9.17, 15) is 0 Å². The Morgan fingerprint density at radius 2 is 2.05 bits per heavy atom. The summed E-state index contributed by atoms with van der Waals surface area (Å²) in [5.41, 5.74) is 6.84. The molecule has 0 aliphatic carbocycles. The molecule has 3 aromatic rings. The minimum atomic E-state index is 0.00908. The average molecular weight is 315 g/mol. The van der Waals surface area contributed by atoms with Gasteiger partial charge < -0.3 is 10.6 Å². The minimum Gasteiger partial charge on any atom is -0.368 e. The molecule has 0 amide bonds. The monoisotopic (exact) mass is 315 g/mol. The van der Waals surface area contributed by atoms with E-state index in [0.29, 0.717) is 11.8 Å². The highest BCUT2D eigenvalue weighted by Crippen LogP contribution is 2.33. The number of imidazole rings is 1. The van der Waals surface area contributed by atoms with Gasteiger partial charge in [0, 0.05) is 20.3 Å². The van der Waals surface area contributed by atoms with Crippen molar-refractivity contribution in [2.45, 2.75) is 17.3 Å². The van der Waals surface area contributed by atoms with Crippen molar-refractivity contribution in [2.75, 3.05) is 24.7 Å². The summed E-state index contributed by atoms with van der Waals surface area (Å²) in [6.45, 7) is 2.03.